The maximum Gasteiger partial charge on any atom is 0.319 e. The van der Waals surface area contributed by atoms with Gasteiger partial charge in [-0.25, -0.2) is 4.79 Å². The highest BCUT2D eigenvalue weighted by Crippen LogP contribution is 2.21. The molecule has 0 aromatic carbocycles. The maximum atomic E-state index is 12.1. The third-order valence-electron chi connectivity index (χ3n) is 3.70. The molecule has 6 heteroatoms. The number of rotatable bonds is 5. The summed E-state index contributed by atoms with van der Waals surface area (Å²) in [7, 11) is 1.70. The predicted molar refractivity (Wildman–Crippen MR) is 70.9 cm³/mol. The lowest BCUT2D eigenvalue weighted by molar-refractivity contribution is -0.137. The first-order valence-electron chi connectivity index (χ1n) is 6.81. The van der Waals surface area contributed by atoms with Crippen molar-refractivity contribution in [3.63, 3.8) is 0 Å². The van der Waals surface area contributed by atoms with Crippen LogP contribution in [0.25, 0.3) is 0 Å². The number of carbonyl (C=O) groups is 2. The van der Waals surface area contributed by atoms with Gasteiger partial charge in [-0.05, 0) is 32.1 Å². The molecule has 1 heterocycles. The lowest BCUT2D eigenvalue weighted by atomic mass is 9.92. The second kappa shape index (κ2) is 7.33. The number of nitrogens with zero attached hydrogens (tertiary/aromatic N) is 2. The van der Waals surface area contributed by atoms with Crippen LogP contribution < -0.4 is 0 Å². The van der Waals surface area contributed by atoms with Gasteiger partial charge in [0.25, 0.3) is 0 Å². The first kappa shape index (κ1) is 15.8. The van der Waals surface area contributed by atoms with Crippen molar-refractivity contribution in [2.75, 3.05) is 26.7 Å². The summed E-state index contributed by atoms with van der Waals surface area (Å²) in [5.41, 5.74) is 0. The molecule has 2 N–H and O–H groups in total. The lowest BCUT2D eigenvalue weighted by Crippen LogP contribution is -2.46. The highest BCUT2D eigenvalue weighted by Gasteiger charge is 2.26. The minimum Gasteiger partial charge on any atom is -0.481 e. The van der Waals surface area contributed by atoms with Crippen LogP contribution in [0, 0.1) is 5.92 Å². The van der Waals surface area contributed by atoms with Gasteiger partial charge in [-0.2, -0.15) is 0 Å². The van der Waals surface area contributed by atoms with Crippen LogP contribution in [0.15, 0.2) is 0 Å². The van der Waals surface area contributed by atoms with E-state index in [1.165, 1.54) is 0 Å². The molecule has 110 valence electrons. The van der Waals surface area contributed by atoms with Crippen molar-refractivity contribution in [3.8, 4) is 0 Å². The average Bonchev–Trinajstić information content (AvgIpc) is 2.37. The molecule has 0 aromatic rings. The zero-order valence-electron chi connectivity index (χ0n) is 11.7. The van der Waals surface area contributed by atoms with Crippen molar-refractivity contribution in [2.24, 2.45) is 5.92 Å². The molecule has 0 saturated carbocycles. The van der Waals surface area contributed by atoms with Crippen molar-refractivity contribution >= 4 is 12.0 Å². The topological polar surface area (TPSA) is 81.1 Å². The minimum absolute atomic E-state index is 0.0468. The van der Waals surface area contributed by atoms with Crippen LogP contribution in [-0.4, -0.2) is 64.8 Å². The molecule has 1 aliphatic rings. The van der Waals surface area contributed by atoms with E-state index in [0.717, 1.165) is 12.8 Å². The lowest BCUT2D eigenvalue weighted by Gasteiger charge is -2.35. The molecule has 0 bridgehead atoms. The number of carboxylic acids is 1. The van der Waals surface area contributed by atoms with E-state index < -0.39 is 5.97 Å². The summed E-state index contributed by atoms with van der Waals surface area (Å²) >= 11 is 0. The summed E-state index contributed by atoms with van der Waals surface area (Å²) in [5.74, 6) is -0.556. The van der Waals surface area contributed by atoms with E-state index in [-0.39, 0.29) is 24.5 Å². The van der Waals surface area contributed by atoms with Crippen LogP contribution in [-0.2, 0) is 4.79 Å². The van der Waals surface area contributed by atoms with Crippen molar-refractivity contribution in [1.29, 1.82) is 0 Å². The van der Waals surface area contributed by atoms with Crippen molar-refractivity contribution < 1.29 is 19.8 Å². The van der Waals surface area contributed by atoms with E-state index >= 15 is 0 Å². The normalized spacial score (nSPS) is 18.2. The second-order valence-electron chi connectivity index (χ2n) is 5.27. The molecule has 0 aliphatic carbocycles. The molecule has 1 atom stereocenters. The van der Waals surface area contributed by atoms with Gasteiger partial charge in [0.2, 0.25) is 0 Å². The zero-order chi connectivity index (χ0) is 14.4. The molecule has 0 radical (unpaired) electrons. The standard InChI is InChI=1S/C13H24N2O4/c1-10(16)11-5-8-15(9-6-11)13(19)14(2)7-3-4-12(17)18/h10-11,16H,3-9H2,1-2H3,(H,17,18). The van der Waals surface area contributed by atoms with E-state index in [1.54, 1.807) is 23.8 Å². The third-order valence-corrected chi connectivity index (χ3v) is 3.70. The summed E-state index contributed by atoms with van der Waals surface area (Å²) in [5, 5.41) is 18.1. The number of urea groups is 1. The van der Waals surface area contributed by atoms with E-state index in [2.05, 4.69) is 0 Å². The average molecular weight is 272 g/mol. The Hall–Kier alpha value is -1.30. The number of carboxylic acid groups (broad SMARTS) is 1. The smallest absolute Gasteiger partial charge is 0.319 e. The van der Waals surface area contributed by atoms with Crippen molar-refractivity contribution in [1.82, 2.24) is 9.80 Å². The van der Waals surface area contributed by atoms with Gasteiger partial charge in [0.15, 0.2) is 0 Å². The van der Waals surface area contributed by atoms with Gasteiger partial charge in [0, 0.05) is 33.1 Å². The molecule has 1 rings (SSSR count). The molecule has 0 spiro atoms. The molecule has 19 heavy (non-hydrogen) atoms. The Labute approximate surface area is 114 Å². The monoisotopic (exact) mass is 272 g/mol. The highest BCUT2D eigenvalue weighted by molar-refractivity contribution is 5.74. The molecule has 2 amide bonds. The zero-order valence-corrected chi connectivity index (χ0v) is 11.7. The van der Waals surface area contributed by atoms with E-state index in [4.69, 9.17) is 5.11 Å². The van der Waals surface area contributed by atoms with Crippen LogP contribution in [0.4, 0.5) is 4.79 Å². The van der Waals surface area contributed by atoms with Gasteiger partial charge in [-0.1, -0.05) is 0 Å². The number of hydrogen-bond acceptors (Lipinski definition) is 3. The fourth-order valence-corrected chi connectivity index (χ4v) is 2.38. The molecule has 1 unspecified atom stereocenters. The number of likely N-dealkylation sites (tertiary alicyclic amines) is 1. The Balaban J connectivity index is 2.31. The second-order valence-corrected chi connectivity index (χ2v) is 5.27. The van der Waals surface area contributed by atoms with E-state index in [1.807, 2.05) is 0 Å². The quantitative estimate of drug-likeness (QED) is 0.782. The number of hydrogen-bond donors (Lipinski definition) is 2. The van der Waals surface area contributed by atoms with Crippen molar-refractivity contribution in [2.45, 2.75) is 38.7 Å². The van der Waals surface area contributed by atoms with Crippen molar-refractivity contribution in [3.05, 3.63) is 0 Å². The van der Waals surface area contributed by atoms with Crippen LogP contribution in [0.1, 0.15) is 32.6 Å². The third kappa shape index (κ3) is 5.06. The number of amides is 2. The summed E-state index contributed by atoms with van der Waals surface area (Å²) < 4.78 is 0. The minimum atomic E-state index is -0.835. The molecule has 6 nitrogen and oxygen atoms in total. The predicted octanol–water partition coefficient (Wildman–Crippen LogP) is 0.996. The molecule has 1 saturated heterocycles. The first-order chi connectivity index (χ1) is 8.91. The number of piperidine rings is 1. The van der Waals surface area contributed by atoms with Gasteiger partial charge in [0.05, 0.1) is 6.10 Å². The fraction of sp³-hybridized carbons (Fsp3) is 0.846. The largest absolute Gasteiger partial charge is 0.481 e. The Kier molecular flexibility index (Phi) is 6.08. The molecular formula is C13H24N2O4. The molecule has 1 fully saturated rings. The summed E-state index contributed by atoms with van der Waals surface area (Å²) in [6.07, 6.45) is 1.90. The summed E-state index contributed by atoms with van der Waals surface area (Å²) in [6.45, 7) is 3.58. The Morgan fingerprint density at radius 3 is 2.42 bits per heavy atom. The number of aliphatic hydroxyl groups excluding tert-OH is 1. The Morgan fingerprint density at radius 1 is 1.37 bits per heavy atom. The van der Waals surface area contributed by atoms with Crippen LogP contribution in [0.5, 0.6) is 0 Å². The van der Waals surface area contributed by atoms with Crippen LogP contribution >= 0.6 is 0 Å². The summed E-state index contributed by atoms with van der Waals surface area (Å²) in [4.78, 5) is 25.9. The van der Waals surface area contributed by atoms with Gasteiger partial charge in [-0.3, -0.25) is 4.79 Å². The van der Waals surface area contributed by atoms with Gasteiger partial charge in [0.1, 0.15) is 0 Å². The SMILES string of the molecule is CC(O)C1CCN(C(=O)N(C)CCCC(=O)O)CC1. The fourth-order valence-electron chi connectivity index (χ4n) is 2.38. The van der Waals surface area contributed by atoms with E-state index in [0.29, 0.717) is 26.1 Å². The molecular weight excluding hydrogens is 248 g/mol. The van der Waals surface area contributed by atoms with Crippen LogP contribution in [0.2, 0.25) is 0 Å². The Bertz CT molecular complexity index is 312. The first-order valence-corrected chi connectivity index (χ1v) is 6.81. The van der Waals surface area contributed by atoms with Gasteiger partial charge < -0.3 is 20.0 Å². The molecule has 0 aromatic heterocycles. The van der Waals surface area contributed by atoms with Crippen LogP contribution in [0.3, 0.4) is 0 Å². The Morgan fingerprint density at radius 2 is 1.95 bits per heavy atom. The highest BCUT2D eigenvalue weighted by atomic mass is 16.4. The maximum absolute atomic E-state index is 12.1. The number of aliphatic carboxylic acids is 1. The van der Waals surface area contributed by atoms with Gasteiger partial charge >= 0.3 is 12.0 Å². The van der Waals surface area contributed by atoms with E-state index in [9.17, 15) is 14.7 Å². The molecule has 1 aliphatic heterocycles. The summed E-state index contributed by atoms with van der Waals surface area (Å²) in [6, 6.07) is -0.0468. The number of carbonyl (C=O) groups excluding carboxylic acids is 1. The number of aliphatic hydroxyl groups is 1. The van der Waals surface area contributed by atoms with Gasteiger partial charge in [-0.15, -0.1) is 0 Å².